The van der Waals surface area contributed by atoms with Gasteiger partial charge < -0.3 is 11.1 Å². The first kappa shape index (κ1) is 12.6. The van der Waals surface area contributed by atoms with Gasteiger partial charge in [-0.2, -0.15) is 0 Å². The van der Waals surface area contributed by atoms with Gasteiger partial charge in [0, 0.05) is 11.6 Å². The molecule has 0 spiro atoms. The Balaban J connectivity index is 1.85. The van der Waals surface area contributed by atoms with Crippen molar-refractivity contribution in [1.29, 1.82) is 0 Å². The van der Waals surface area contributed by atoms with E-state index in [9.17, 15) is 0 Å². The van der Waals surface area contributed by atoms with Crippen LogP contribution in [0.1, 0.15) is 5.56 Å². The summed E-state index contributed by atoms with van der Waals surface area (Å²) < 4.78 is 0. The number of hydrogen-bond acceptors (Lipinski definition) is 5. The summed E-state index contributed by atoms with van der Waals surface area (Å²) in [4.78, 5) is 12.5. The van der Waals surface area contributed by atoms with Crippen LogP contribution in [0.3, 0.4) is 0 Å². The van der Waals surface area contributed by atoms with E-state index < -0.39 is 0 Å². The van der Waals surface area contributed by atoms with Gasteiger partial charge in [0.25, 0.3) is 0 Å². The van der Waals surface area contributed by atoms with Crippen LogP contribution in [-0.4, -0.2) is 15.0 Å². The predicted molar refractivity (Wildman–Crippen MR) is 80.5 cm³/mol. The van der Waals surface area contributed by atoms with Crippen molar-refractivity contribution in [2.24, 2.45) is 0 Å². The van der Waals surface area contributed by atoms with Crippen LogP contribution in [0.5, 0.6) is 0 Å². The number of anilines is 2. The largest absolute Gasteiger partial charge is 0.382 e. The molecule has 0 aliphatic carbocycles. The van der Waals surface area contributed by atoms with E-state index in [2.05, 4.69) is 20.3 Å². The summed E-state index contributed by atoms with van der Waals surface area (Å²) >= 11 is 6.11. The molecule has 100 valence electrons. The Kier molecular flexibility index (Phi) is 3.35. The lowest BCUT2D eigenvalue weighted by Gasteiger charge is -2.08. The van der Waals surface area contributed by atoms with Crippen molar-refractivity contribution in [1.82, 2.24) is 15.0 Å². The number of rotatable bonds is 3. The topological polar surface area (TPSA) is 76.7 Å². The van der Waals surface area contributed by atoms with Gasteiger partial charge in [0.1, 0.15) is 17.7 Å². The van der Waals surface area contributed by atoms with Gasteiger partial charge in [-0.15, -0.1) is 0 Å². The van der Waals surface area contributed by atoms with Gasteiger partial charge in [0.2, 0.25) is 0 Å². The molecule has 0 saturated heterocycles. The molecule has 0 bridgehead atoms. The highest BCUT2D eigenvalue weighted by molar-refractivity contribution is 6.31. The summed E-state index contributed by atoms with van der Waals surface area (Å²) in [5.41, 5.74) is 8.12. The van der Waals surface area contributed by atoms with Crippen LogP contribution in [-0.2, 0) is 6.54 Å². The van der Waals surface area contributed by atoms with E-state index in [1.807, 2.05) is 36.4 Å². The molecule has 0 saturated carbocycles. The molecule has 0 radical (unpaired) electrons. The van der Waals surface area contributed by atoms with Crippen LogP contribution in [0.15, 0.2) is 42.7 Å². The molecule has 2 aromatic heterocycles. The van der Waals surface area contributed by atoms with Crippen LogP contribution >= 0.6 is 11.6 Å². The van der Waals surface area contributed by atoms with Crippen molar-refractivity contribution >= 4 is 34.3 Å². The molecule has 0 unspecified atom stereocenters. The molecule has 6 heteroatoms. The number of nitrogens with two attached hydrogens (primary N) is 1. The van der Waals surface area contributed by atoms with Gasteiger partial charge in [0.05, 0.1) is 5.52 Å². The molecule has 0 aliphatic rings. The Bertz CT molecular complexity index is 759. The maximum Gasteiger partial charge on any atom is 0.153 e. The Morgan fingerprint density at radius 1 is 1.10 bits per heavy atom. The molecule has 20 heavy (non-hydrogen) atoms. The maximum absolute atomic E-state index is 6.11. The van der Waals surface area contributed by atoms with Crippen LogP contribution < -0.4 is 11.1 Å². The van der Waals surface area contributed by atoms with E-state index in [4.69, 9.17) is 17.3 Å². The van der Waals surface area contributed by atoms with Crippen molar-refractivity contribution in [3.63, 3.8) is 0 Å². The fourth-order valence-electron chi connectivity index (χ4n) is 1.88. The van der Waals surface area contributed by atoms with E-state index in [1.165, 1.54) is 6.33 Å². The van der Waals surface area contributed by atoms with E-state index in [1.54, 1.807) is 0 Å². The van der Waals surface area contributed by atoms with E-state index in [0.29, 0.717) is 23.7 Å². The third-order valence-corrected chi connectivity index (χ3v) is 3.30. The molecule has 3 aromatic rings. The molecule has 0 atom stereocenters. The standard InChI is InChI=1S/C14H12ClN5/c15-10-4-2-1-3-9(10)7-17-12-6-5-11-13(20-12)14(16)19-8-18-11/h1-6,8H,7H2,(H,17,20)(H2,16,18,19). The molecule has 5 nitrogen and oxygen atoms in total. The average molecular weight is 286 g/mol. The number of nitrogens with zero attached hydrogens (tertiary/aromatic N) is 3. The Hall–Kier alpha value is -2.40. The second-order valence-electron chi connectivity index (χ2n) is 4.27. The van der Waals surface area contributed by atoms with Gasteiger partial charge in [-0.05, 0) is 23.8 Å². The molecule has 2 heterocycles. The molecular formula is C14H12ClN5. The van der Waals surface area contributed by atoms with Crippen LogP contribution in [0, 0.1) is 0 Å². The first-order valence-electron chi connectivity index (χ1n) is 6.08. The first-order chi connectivity index (χ1) is 9.74. The van der Waals surface area contributed by atoms with Crippen molar-refractivity contribution < 1.29 is 0 Å². The zero-order chi connectivity index (χ0) is 13.9. The van der Waals surface area contributed by atoms with Crippen LogP contribution in [0.25, 0.3) is 11.0 Å². The lowest BCUT2D eigenvalue weighted by molar-refractivity contribution is 1.11. The summed E-state index contributed by atoms with van der Waals surface area (Å²) in [7, 11) is 0. The number of aromatic nitrogens is 3. The fourth-order valence-corrected chi connectivity index (χ4v) is 2.09. The van der Waals surface area contributed by atoms with Crippen molar-refractivity contribution in [2.75, 3.05) is 11.1 Å². The molecule has 3 N–H and O–H groups in total. The van der Waals surface area contributed by atoms with Crippen LogP contribution in [0.2, 0.25) is 5.02 Å². The average Bonchev–Trinajstić information content (AvgIpc) is 2.47. The van der Waals surface area contributed by atoms with Crippen molar-refractivity contribution in [2.45, 2.75) is 6.54 Å². The smallest absolute Gasteiger partial charge is 0.153 e. The number of nitrogen functional groups attached to an aromatic ring is 1. The molecule has 0 amide bonds. The lowest BCUT2D eigenvalue weighted by atomic mass is 10.2. The second kappa shape index (κ2) is 5.30. The first-order valence-corrected chi connectivity index (χ1v) is 6.46. The highest BCUT2D eigenvalue weighted by Gasteiger charge is 2.04. The maximum atomic E-state index is 6.11. The van der Waals surface area contributed by atoms with Gasteiger partial charge in [-0.1, -0.05) is 29.8 Å². The summed E-state index contributed by atoms with van der Waals surface area (Å²) in [6.45, 7) is 0.589. The van der Waals surface area contributed by atoms with E-state index in [-0.39, 0.29) is 0 Å². The van der Waals surface area contributed by atoms with Crippen molar-refractivity contribution in [3.05, 3.63) is 53.3 Å². The van der Waals surface area contributed by atoms with Crippen LogP contribution in [0.4, 0.5) is 11.6 Å². The van der Waals surface area contributed by atoms with E-state index >= 15 is 0 Å². The summed E-state index contributed by atoms with van der Waals surface area (Å²) in [6.07, 6.45) is 1.43. The lowest BCUT2D eigenvalue weighted by Crippen LogP contribution is -2.03. The fraction of sp³-hybridized carbons (Fsp3) is 0.0714. The number of benzene rings is 1. The monoisotopic (exact) mass is 285 g/mol. The summed E-state index contributed by atoms with van der Waals surface area (Å²) in [6, 6.07) is 11.4. The minimum Gasteiger partial charge on any atom is -0.382 e. The highest BCUT2D eigenvalue weighted by Crippen LogP contribution is 2.19. The normalized spacial score (nSPS) is 10.7. The minimum atomic E-state index is 0.372. The molecule has 1 aromatic carbocycles. The number of hydrogen-bond donors (Lipinski definition) is 2. The van der Waals surface area contributed by atoms with Gasteiger partial charge in [0.15, 0.2) is 5.82 Å². The number of pyridine rings is 1. The zero-order valence-corrected chi connectivity index (χ0v) is 11.3. The number of fused-ring (bicyclic) bond motifs is 1. The summed E-state index contributed by atoms with van der Waals surface area (Å²) in [5.74, 6) is 1.08. The number of halogens is 1. The van der Waals surface area contributed by atoms with Gasteiger partial charge in [-0.3, -0.25) is 0 Å². The summed E-state index contributed by atoms with van der Waals surface area (Å²) in [5, 5.41) is 3.94. The highest BCUT2D eigenvalue weighted by atomic mass is 35.5. The quantitative estimate of drug-likeness (QED) is 0.774. The van der Waals surface area contributed by atoms with Gasteiger partial charge in [-0.25, -0.2) is 15.0 Å². The SMILES string of the molecule is Nc1ncnc2ccc(NCc3ccccc3Cl)nc12. The molecular weight excluding hydrogens is 274 g/mol. The molecule has 3 rings (SSSR count). The minimum absolute atomic E-state index is 0.372. The Morgan fingerprint density at radius 2 is 1.95 bits per heavy atom. The molecule has 0 aliphatic heterocycles. The predicted octanol–water partition coefficient (Wildman–Crippen LogP) is 2.87. The Morgan fingerprint density at radius 3 is 2.80 bits per heavy atom. The zero-order valence-electron chi connectivity index (χ0n) is 10.5. The van der Waals surface area contributed by atoms with E-state index in [0.717, 1.165) is 16.1 Å². The third kappa shape index (κ3) is 2.48. The van der Waals surface area contributed by atoms with Gasteiger partial charge >= 0.3 is 0 Å². The Labute approximate surface area is 120 Å². The van der Waals surface area contributed by atoms with Crippen molar-refractivity contribution in [3.8, 4) is 0 Å². The number of nitrogens with one attached hydrogen (secondary N) is 1. The molecule has 0 fully saturated rings. The third-order valence-electron chi connectivity index (χ3n) is 2.93. The second-order valence-corrected chi connectivity index (χ2v) is 4.68.